The van der Waals surface area contributed by atoms with Gasteiger partial charge in [0.15, 0.2) is 0 Å². The van der Waals surface area contributed by atoms with Crippen molar-refractivity contribution in [3.8, 4) is 11.1 Å². The zero-order chi connectivity index (χ0) is 20.3. The Hall–Kier alpha value is -2.22. The summed E-state index contributed by atoms with van der Waals surface area (Å²) in [6.07, 6.45) is 0.187. The number of nitrogens with zero attached hydrogens (tertiary/aromatic N) is 1. The summed E-state index contributed by atoms with van der Waals surface area (Å²) in [5.74, 6) is -0.598. The normalized spacial score (nSPS) is 20.0. The molecule has 1 aliphatic heterocycles. The minimum Gasteiger partial charge on any atom is -0.465 e. The number of carbonyl (C=O) groups is 2. The van der Waals surface area contributed by atoms with Crippen molar-refractivity contribution in [1.82, 2.24) is 4.90 Å². The Kier molecular flexibility index (Phi) is 6.49. The van der Waals surface area contributed by atoms with Gasteiger partial charge in [0.25, 0.3) is 0 Å². The van der Waals surface area contributed by atoms with Gasteiger partial charge in [-0.2, -0.15) is 0 Å². The molecule has 3 rings (SSSR count). The van der Waals surface area contributed by atoms with E-state index >= 15 is 0 Å². The van der Waals surface area contributed by atoms with E-state index in [2.05, 4.69) is 10.2 Å². The van der Waals surface area contributed by atoms with E-state index in [1.54, 1.807) is 0 Å². The van der Waals surface area contributed by atoms with Crippen LogP contribution in [-0.2, 0) is 14.3 Å². The molecule has 2 aromatic rings. The average Bonchev–Trinajstić information content (AvgIpc) is 2.96. The van der Waals surface area contributed by atoms with Gasteiger partial charge in [-0.3, -0.25) is 9.69 Å². The number of thiophene rings is 1. The van der Waals surface area contributed by atoms with E-state index in [0.29, 0.717) is 23.7 Å². The van der Waals surface area contributed by atoms with Gasteiger partial charge in [0, 0.05) is 23.5 Å². The number of methoxy groups -OCH3 is 1. The van der Waals surface area contributed by atoms with Gasteiger partial charge >= 0.3 is 5.97 Å². The molecule has 2 heterocycles. The molecule has 2 unspecified atom stereocenters. The zero-order valence-corrected chi connectivity index (χ0v) is 17.5. The molecule has 1 fully saturated rings. The predicted octanol–water partition coefficient (Wildman–Crippen LogP) is 3.56. The molecule has 1 amide bonds. The molecule has 7 heteroatoms. The number of nitrogens with one attached hydrogen (secondary N) is 1. The number of hydrogen-bond donors (Lipinski definition) is 1. The first-order valence-corrected chi connectivity index (χ1v) is 10.2. The maximum Gasteiger partial charge on any atom is 0.341 e. The van der Waals surface area contributed by atoms with Crippen LogP contribution in [0.1, 0.15) is 29.1 Å². The first-order chi connectivity index (χ1) is 13.4. The minimum absolute atomic E-state index is 0.0934. The Morgan fingerprint density at radius 1 is 1.21 bits per heavy atom. The number of rotatable bonds is 5. The molecule has 0 aliphatic carbocycles. The number of esters is 1. The van der Waals surface area contributed by atoms with Crippen molar-refractivity contribution in [2.45, 2.75) is 33.0 Å². The van der Waals surface area contributed by atoms with Crippen LogP contribution >= 0.6 is 11.3 Å². The summed E-state index contributed by atoms with van der Waals surface area (Å²) in [5, 5.41) is 3.46. The summed E-state index contributed by atoms with van der Waals surface area (Å²) >= 11 is 1.39. The number of carbonyl (C=O) groups excluding carboxylic acids is 2. The molecule has 0 radical (unpaired) electrons. The molecule has 1 saturated heterocycles. The fourth-order valence-electron chi connectivity index (χ4n) is 3.66. The summed E-state index contributed by atoms with van der Waals surface area (Å²) in [5.41, 5.74) is 2.14. The van der Waals surface area contributed by atoms with E-state index in [0.717, 1.165) is 16.0 Å². The molecule has 1 aromatic carbocycles. The lowest BCUT2D eigenvalue weighted by Gasteiger charge is -2.34. The summed E-state index contributed by atoms with van der Waals surface area (Å²) in [6, 6.07) is 9.67. The zero-order valence-electron chi connectivity index (χ0n) is 16.7. The number of aryl methyl sites for hydroxylation is 1. The number of benzene rings is 1. The summed E-state index contributed by atoms with van der Waals surface area (Å²) in [7, 11) is 1.35. The second-order valence-electron chi connectivity index (χ2n) is 7.09. The Balaban J connectivity index is 1.83. The number of ether oxygens (including phenoxy) is 2. The van der Waals surface area contributed by atoms with Crippen LogP contribution in [0.2, 0.25) is 0 Å². The summed E-state index contributed by atoms with van der Waals surface area (Å²) in [6.45, 7) is 7.63. The second-order valence-corrected chi connectivity index (χ2v) is 8.32. The highest BCUT2D eigenvalue weighted by Crippen LogP contribution is 2.40. The van der Waals surface area contributed by atoms with Crippen molar-refractivity contribution in [2.75, 3.05) is 32.1 Å². The van der Waals surface area contributed by atoms with E-state index < -0.39 is 5.97 Å². The van der Waals surface area contributed by atoms with Crippen molar-refractivity contribution >= 4 is 28.2 Å². The van der Waals surface area contributed by atoms with Crippen LogP contribution in [0.5, 0.6) is 0 Å². The quantitative estimate of drug-likeness (QED) is 0.775. The number of morpholine rings is 1. The third-order valence-corrected chi connectivity index (χ3v) is 5.67. The highest BCUT2D eigenvalue weighted by atomic mass is 32.1. The fourth-order valence-corrected chi connectivity index (χ4v) is 4.75. The molecule has 150 valence electrons. The van der Waals surface area contributed by atoms with Gasteiger partial charge in [0.1, 0.15) is 10.6 Å². The van der Waals surface area contributed by atoms with Crippen LogP contribution < -0.4 is 5.32 Å². The van der Waals surface area contributed by atoms with Gasteiger partial charge in [0.2, 0.25) is 5.91 Å². The van der Waals surface area contributed by atoms with Gasteiger partial charge < -0.3 is 14.8 Å². The van der Waals surface area contributed by atoms with Gasteiger partial charge in [0.05, 0.1) is 25.9 Å². The van der Waals surface area contributed by atoms with Crippen molar-refractivity contribution < 1.29 is 19.1 Å². The Morgan fingerprint density at radius 2 is 1.86 bits per heavy atom. The van der Waals surface area contributed by atoms with Crippen molar-refractivity contribution in [3.05, 3.63) is 40.8 Å². The average molecular weight is 403 g/mol. The molecule has 2 atom stereocenters. The maximum absolute atomic E-state index is 12.7. The molecular formula is C21H26N2O4S. The van der Waals surface area contributed by atoms with Gasteiger partial charge in [-0.1, -0.05) is 30.3 Å². The van der Waals surface area contributed by atoms with Crippen molar-refractivity contribution in [1.29, 1.82) is 0 Å². The van der Waals surface area contributed by atoms with Crippen LogP contribution in [0.25, 0.3) is 11.1 Å². The van der Waals surface area contributed by atoms with Gasteiger partial charge in [-0.15, -0.1) is 11.3 Å². The molecule has 1 aromatic heterocycles. The Labute approximate surface area is 169 Å². The molecule has 6 nitrogen and oxygen atoms in total. The smallest absolute Gasteiger partial charge is 0.341 e. The second kappa shape index (κ2) is 8.86. The first kappa shape index (κ1) is 20.5. The van der Waals surface area contributed by atoms with Crippen LogP contribution in [0.15, 0.2) is 30.3 Å². The van der Waals surface area contributed by atoms with Gasteiger partial charge in [-0.25, -0.2) is 4.79 Å². The summed E-state index contributed by atoms with van der Waals surface area (Å²) < 4.78 is 10.7. The molecule has 1 aliphatic rings. The number of amides is 1. The van der Waals surface area contributed by atoms with Crippen molar-refractivity contribution in [3.63, 3.8) is 0 Å². The number of anilines is 1. The summed E-state index contributed by atoms with van der Waals surface area (Å²) in [4.78, 5) is 28.2. The molecular weight excluding hydrogens is 376 g/mol. The van der Waals surface area contributed by atoms with Gasteiger partial charge in [-0.05, 0) is 26.3 Å². The van der Waals surface area contributed by atoms with Crippen molar-refractivity contribution in [2.24, 2.45) is 0 Å². The van der Waals surface area contributed by atoms with E-state index in [4.69, 9.17) is 9.47 Å². The molecule has 0 saturated carbocycles. The Morgan fingerprint density at radius 3 is 2.46 bits per heavy atom. The van der Waals surface area contributed by atoms with E-state index in [-0.39, 0.29) is 24.7 Å². The highest BCUT2D eigenvalue weighted by Gasteiger charge is 2.27. The van der Waals surface area contributed by atoms with E-state index in [1.165, 1.54) is 18.4 Å². The third kappa shape index (κ3) is 4.60. The lowest BCUT2D eigenvalue weighted by Crippen LogP contribution is -2.48. The highest BCUT2D eigenvalue weighted by molar-refractivity contribution is 7.17. The minimum atomic E-state index is -0.452. The molecule has 1 N–H and O–H groups in total. The van der Waals surface area contributed by atoms with E-state index in [1.807, 2.05) is 51.1 Å². The van der Waals surface area contributed by atoms with Crippen LogP contribution in [0, 0.1) is 6.92 Å². The topological polar surface area (TPSA) is 67.9 Å². The largest absolute Gasteiger partial charge is 0.465 e. The standard InChI is InChI=1S/C21H26N2O4S/c1-13-10-23(11-14(2)27-13)12-17(24)22-20-19(21(25)26-4)18(15(3)28-20)16-8-6-5-7-9-16/h5-9,13-14H,10-12H2,1-4H3,(H,22,24). The maximum atomic E-state index is 12.7. The Bertz CT molecular complexity index is 840. The lowest BCUT2D eigenvalue weighted by atomic mass is 10.0. The monoisotopic (exact) mass is 402 g/mol. The molecule has 0 spiro atoms. The predicted molar refractivity (Wildman–Crippen MR) is 111 cm³/mol. The fraction of sp³-hybridized carbons (Fsp3) is 0.429. The first-order valence-electron chi connectivity index (χ1n) is 9.33. The van der Waals surface area contributed by atoms with Crippen LogP contribution in [0.4, 0.5) is 5.00 Å². The molecule has 0 bridgehead atoms. The third-order valence-electron chi connectivity index (χ3n) is 4.65. The van der Waals surface area contributed by atoms with E-state index in [9.17, 15) is 9.59 Å². The van der Waals surface area contributed by atoms with Crippen LogP contribution in [-0.4, -0.2) is 55.7 Å². The van der Waals surface area contributed by atoms with Crippen LogP contribution in [0.3, 0.4) is 0 Å². The number of hydrogen-bond acceptors (Lipinski definition) is 6. The SMILES string of the molecule is COC(=O)c1c(NC(=O)CN2CC(C)OC(C)C2)sc(C)c1-c1ccccc1. The lowest BCUT2D eigenvalue weighted by molar-refractivity contribution is -0.121. The molecule has 28 heavy (non-hydrogen) atoms.